The van der Waals surface area contributed by atoms with Crippen LogP contribution >= 0.6 is 58.8 Å². The van der Waals surface area contributed by atoms with Gasteiger partial charge in [0.05, 0.1) is 17.2 Å². The average Bonchev–Trinajstić information content (AvgIpc) is 3.07. The minimum atomic E-state index is -0.201. The Morgan fingerprint density at radius 3 is 2.50 bits per heavy atom. The Balaban J connectivity index is 1.56. The highest BCUT2D eigenvalue weighted by Crippen LogP contribution is 2.38. The van der Waals surface area contributed by atoms with Gasteiger partial charge in [-0.3, -0.25) is 9.69 Å². The summed E-state index contributed by atoms with van der Waals surface area (Å²) in [5.74, 6) is 0.927. The molecule has 1 fully saturated rings. The van der Waals surface area contributed by atoms with E-state index in [1.165, 1.54) is 16.7 Å². The number of benzene rings is 3. The van der Waals surface area contributed by atoms with E-state index in [1.54, 1.807) is 48.5 Å². The summed E-state index contributed by atoms with van der Waals surface area (Å²) in [4.78, 5) is 15.0. The topological polar surface area (TPSA) is 38.8 Å². The van der Waals surface area contributed by atoms with Crippen LogP contribution < -0.4 is 14.4 Å². The SMILES string of the molecule is CCOc1cc(C=C2SC(=S)N(c3cccc(Cl)c3)C2=O)ccc1OCc1ccc(Cl)cc1Cl. The molecule has 9 heteroatoms. The smallest absolute Gasteiger partial charge is 0.270 e. The van der Waals surface area contributed by atoms with E-state index >= 15 is 0 Å². The molecule has 4 rings (SSSR count). The van der Waals surface area contributed by atoms with Crippen LogP contribution in [0.25, 0.3) is 6.08 Å². The summed E-state index contributed by atoms with van der Waals surface area (Å²) < 4.78 is 12.2. The van der Waals surface area contributed by atoms with Crippen molar-refractivity contribution in [3.8, 4) is 11.5 Å². The second-order valence-electron chi connectivity index (χ2n) is 7.16. The maximum Gasteiger partial charge on any atom is 0.270 e. The van der Waals surface area contributed by atoms with Crippen molar-refractivity contribution in [2.75, 3.05) is 11.5 Å². The fourth-order valence-electron chi connectivity index (χ4n) is 3.25. The molecule has 0 bridgehead atoms. The highest BCUT2D eigenvalue weighted by atomic mass is 35.5. The Morgan fingerprint density at radius 1 is 0.971 bits per heavy atom. The van der Waals surface area contributed by atoms with Gasteiger partial charge < -0.3 is 9.47 Å². The molecule has 0 N–H and O–H groups in total. The van der Waals surface area contributed by atoms with E-state index in [0.717, 1.165) is 11.1 Å². The average molecular weight is 551 g/mol. The molecule has 3 aromatic carbocycles. The van der Waals surface area contributed by atoms with Gasteiger partial charge in [0, 0.05) is 20.6 Å². The number of carbonyl (C=O) groups excluding carboxylic acids is 1. The number of ether oxygens (including phenoxy) is 2. The van der Waals surface area contributed by atoms with E-state index in [9.17, 15) is 4.79 Å². The summed E-state index contributed by atoms with van der Waals surface area (Å²) in [5, 5.41) is 1.63. The van der Waals surface area contributed by atoms with Crippen molar-refractivity contribution in [3.63, 3.8) is 0 Å². The van der Waals surface area contributed by atoms with Crippen LogP contribution in [0, 0.1) is 0 Å². The number of nitrogens with zero attached hydrogens (tertiary/aromatic N) is 1. The van der Waals surface area contributed by atoms with Crippen LogP contribution in [0.5, 0.6) is 11.5 Å². The normalized spacial score (nSPS) is 14.7. The molecule has 0 aliphatic carbocycles. The van der Waals surface area contributed by atoms with Gasteiger partial charge in [-0.1, -0.05) is 77.0 Å². The molecule has 34 heavy (non-hydrogen) atoms. The fourth-order valence-corrected chi connectivity index (χ4v) is 5.20. The van der Waals surface area contributed by atoms with Gasteiger partial charge in [-0.15, -0.1) is 0 Å². The van der Waals surface area contributed by atoms with Crippen LogP contribution in [0.2, 0.25) is 15.1 Å². The molecule has 1 aliphatic heterocycles. The summed E-state index contributed by atoms with van der Waals surface area (Å²) >= 11 is 25.0. The molecule has 0 saturated carbocycles. The summed E-state index contributed by atoms with van der Waals surface area (Å²) in [5.41, 5.74) is 2.23. The predicted octanol–water partition coefficient (Wildman–Crippen LogP) is 8.03. The second-order valence-corrected chi connectivity index (χ2v) is 10.1. The zero-order valence-electron chi connectivity index (χ0n) is 17.9. The molecular weight excluding hydrogens is 533 g/mol. The van der Waals surface area contributed by atoms with Crippen LogP contribution in [-0.2, 0) is 11.4 Å². The summed E-state index contributed by atoms with van der Waals surface area (Å²) in [6.45, 7) is 2.61. The quantitative estimate of drug-likeness (QED) is 0.220. The Hall–Kier alpha value is -2.22. The molecule has 0 unspecified atom stereocenters. The van der Waals surface area contributed by atoms with Gasteiger partial charge in [0.1, 0.15) is 6.61 Å². The van der Waals surface area contributed by atoms with Crippen LogP contribution in [0.15, 0.2) is 65.6 Å². The van der Waals surface area contributed by atoms with Gasteiger partial charge in [-0.05, 0) is 61.0 Å². The first kappa shape index (κ1) is 24.9. The Bertz CT molecular complexity index is 1300. The summed E-state index contributed by atoms with van der Waals surface area (Å²) in [6.07, 6.45) is 1.78. The number of amides is 1. The van der Waals surface area contributed by atoms with Crippen molar-refractivity contribution in [3.05, 3.63) is 91.8 Å². The monoisotopic (exact) mass is 549 g/mol. The lowest BCUT2D eigenvalue weighted by Gasteiger charge is -2.14. The molecule has 4 nitrogen and oxygen atoms in total. The lowest BCUT2D eigenvalue weighted by molar-refractivity contribution is -0.113. The number of thioether (sulfide) groups is 1. The van der Waals surface area contributed by atoms with Gasteiger partial charge in [0.2, 0.25) is 0 Å². The number of hydrogen-bond donors (Lipinski definition) is 0. The molecule has 3 aromatic rings. The van der Waals surface area contributed by atoms with Crippen molar-refractivity contribution < 1.29 is 14.3 Å². The first-order valence-corrected chi connectivity index (χ1v) is 12.6. The highest BCUT2D eigenvalue weighted by Gasteiger charge is 2.33. The molecule has 174 valence electrons. The van der Waals surface area contributed by atoms with Crippen molar-refractivity contribution >= 4 is 80.8 Å². The molecule has 1 aliphatic rings. The number of carbonyl (C=O) groups is 1. The molecule has 0 spiro atoms. The third-order valence-electron chi connectivity index (χ3n) is 4.82. The molecule has 0 aromatic heterocycles. The van der Waals surface area contributed by atoms with Gasteiger partial charge in [0.15, 0.2) is 15.8 Å². The lowest BCUT2D eigenvalue weighted by atomic mass is 10.1. The summed E-state index contributed by atoms with van der Waals surface area (Å²) in [6, 6.07) is 17.8. The van der Waals surface area contributed by atoms with Crippen molar-refractivity contribution in [2.24, 2.45) is 0 Å². The van der Waals surface area contributed by atoms with E-state index in [-0.39, 0.29) is 12.5 Å². The van der Waals surface area contributed by atoms with Crippen LogP contribution in [0.1, 0.15) is 18.1 Å². The van der Waals surface area contributed by atoms with Gasteiger partial charge >= 0.3 is 0 Å². The van der Waals surface area contributed by atoms with E-state index in [4.69, 9.17) is 56.5 Å². The number of halogens is 3. The van der Waals surface area contributed by atoms with E-state index in [1.807, 2.05) is 25.1 Å². The second kappa shape index (κ2) is 11.0. The zero-order valence-corrected chi connectivity index (χ0v) is 21.8. The predicted molar refractivity (Wildman–Crippen MR) is 146 cm³/mol. The zero-order chi connectivity index (χ0) is 24.2. The number of anilines is 1. The summed E-state index contributed by atoms with van der Waals surface area (Å²) in [7, 11) is 0. The molecule has 0 atom stereocenters. The van der Waals surface area contributed by atoms with Gasteiger partial charge in [-0.2, -0.15) is 0 Å². The first-order valence-electron chi connectivity index (χ1n) is 10.2. The highest BCUT2D eigenvalue weighted by molar-refractivity contribution is 8.27. The Morgan fingerprint density at radius 2 is 1.76 bits per heavy atom. The van der Waals surface area contributed by atoms with E-state index in [2.05, 4.69) is 0 Å². The third-order valence-corrected chi connectivity index (χ3v) is 6.95. The van der Waals surface area contributed by atoms with E-state index < -0.39 is 0 Å². The molecule has 1 heterocycles. The van der Waals surface area contributed by atoms with Crippen molar-refractivity contribution in [1.29, 1.82) is 0 Å². The maximum absolute atomic E-state index is 13.1. The Labute approximate surface area is 222 Å². The molecule has 1 amide bonds. The van der Waals surface area contributed by atoms with Crippen LogP contribution in [0.3, 0.4) is 0 Å². The third kappa shape index (κ3) is 5.70. The number of rotatable bonds is 7. The number of thiocarbonyl (C=S) groups is 1. The largest absolute Gasteiger partial charge is 0.490 e. The molecule has 1 saturated heterocycles. The minimum absolute atomic E-state index is 0.201. The van der Waals surface area contributed by atoms with E-state index in [0.29, 0.717) is 48.1 Å². The van der Waals surface area contributed by atoms with Crippen molar-refractivity contribution in [1.82, 2.24) is 0 Å². The van der Waals surface area contributed by atoms with Crippen LogP contribution in [-0.4, -0.2) is 16.8 Å². The molecule has 0 radical (unpaired) electrons. The fraction of sp³-hybridized carbons (Fsp3) is 0.120. The number of hydrogen-bond acceptors (Lipinski definition) is 5. The van der Waals surface area contributed by atoms with Crippen LogP contribution in [0.4, 0.5) is 5.69 Å². The standard InChI is InChI=1S/C25H18Cl3NO3S2/c1-2-31-22-10-15(6-9-21(22)32-14-16-7-8-18(27)13-20(16)28)11-23-24(30)29(25(33)34-23)19-5-3-4-17(26)12-19/h3-13H,2,14H2,1H3. The van der Waals surface area contributed by atoms with Gasteiger partial charge in [-0.25, -0.2) is 0 Å². The maximum atomic E-state index is 13.1. The lowest BCUT2D eigenvalue weighted by Crippen LogP contribution is -2.27. The van der Waals surface area contributed by atoms with Gasteiger partial charge in [0.25, 0.3) is 5.91 Å². The first-order chi connectivity index (χ1) is 16.4. The Kier molecular flexibility index (Phi) is 8.06. The molecular formula is C25H18Cl3NO3S2. The minimum Gasteiger partial charge on any atom is -0.490 e. The van der Waals surface area contributed by atoms with Crippen molar-refractivity contribution in [2.45, 2.75) is 13.5 Å².